The van der Waals surface area contributed by atoms with Crippen LogP contribution in [0.5, 0.6) is 5.75 Å². The number of nitrogens with one attached hydrogen (secondary N) is 2. The molecule has 0 spiro atoms. The van der Waals surface area contributed by atoms with E-state index in [2.05, 4.69) is 57.2 Å². The Balaban J connectivity index is 0.000000216. The Hall–Kier alpha value is -9.84. The summed E-state index contributed by atoms with van der Waals surface area (Å²) in [6.45, 7) is 0.251. The van der Waals surface area contributed by atoms with Gasteiger partial charge in [-0.1, -0.05) is 42.5 Å². The molecular weight excluding hydrogens is 861 g/mol. The van der Waals surface area contributed by atoms with Gasteiger partial charge in [0.25, 0.3) is 6.47 Å². The minimum Gasteiger partial charge on any atom is -0.478 e. The zero-order valence-corrected chi connectivity index (χ0v) is 36.1. The fraction of sp³-hybridized carbons (Fsp3) is 0.0400. The Labute approximate surface area is 387 Å². The zero-order chi connectivity index (χ0) is 47.8. The number of ether oxygens (including phenoxy) is 1. The van der Waals surface area contributed by atoms with Crippen molar-refractivity contribution in [1.29, 1.82) is 0 Å². The molecule has 4 heterocycles. The van der Waals surface area contributed by atoms with E-state index in [1.54, 1.807) is 18.2 Å². The van der Waals surface area contributed by atoms with E-state index in [-0.39, 0.29) is 17.8 Å². The van der Waals surface area contributed by atoms with E-state index in [1.165, 1.54) is 24.3 Å². The largest absolute Gasteiger partial charge is 0.478 e. The van der Waals surface area contributed by atoms with Gasteiger partial charge < -0.3 is 65.7 Å². The van der Waals surface area contributed by atoms with Crippen molar-refractivity contribution in [3.05, 3.63) is 149 Å². The summed E-state index contributed by atoms with van der Waals surface area (Å²) >= 11 is 0. The van der Waals surface area contributed by atoms with Crippen molar-refractivity contribution in [3.63, 3.8) is 0 Å². The van der Waals surface area contributed by atoms with Crippen molar-refractivity contribution in [3.8, 4) is 28.5 Å². The van der Waals surface area contributed by atoms with Crippen molar-refractivity contribution < 1.29 is 19.4 Å². The van der Waals surface area contributed by atoms with Crippen LogP contribution in [-0.4, -0.2) is 48.9 Å². The van der Waals surface area contributed by atoms with Crippen LogP contribution in [0.4, 0.5) is 56.9 Å². The van der Waals surface area contributed by atoms with Crippen molar-refractivity contribution in [2.24, 2.45) is 9.98 Å². The molecule has 0 saturated carbocycles. The number of aromatic nitrogens is 4. The van der Waals surface area contributed by atoms with Gasteiger partial charge in [-0.05, 0) is 101 Å². The van der Waals surface area contributed by atoms with E-state index in [0.717, 1.165) is 96.3 Å². The summed E-state index contributed by atoms with van der Waals surface area (Å²) in [6, 6.07) is 36.9. The molecular formula is C50H44N14O4. The normalized spacial score (nSPS) is 12.2. The summed E-state index contributed by atoms with van der Waals surface area (Å²) in [4.78, 5) is 46.7. The number of hydrogen-bond donors (Lipinski definition) is 11. The lowest BCUT2D eigenvalue weighted by atomic mass is 10.0. The molecule has 338 valence electrons. The third-order valence-corrected chi connectivity index (χ3v) is 11.4. The predicted molar refractivity (Wildman–Crippen MR) is 271 cm³/mol. The fourth-order valence-corrected chi connectivity index (χ4v) is 7.79. The predicted octanol–water partition coefficient (Wildman–Crippen LogP) is 7.39. The number of nitrogens with zero attached hydrogens (tertiary/aromatic N) is 4. The number of carboxylic acid groups (broad SMARTS) is 1. The van der Waals surface area contributed by atoms with Gasteiger partial charge in [-0.2, -0.15) is 0 Å². The number of imidazole rings is 2. The molecule has 68 heavy (non-hydrogen) atoms. The van der Waals surface area contributed by atoms with E-state index in [4.69, 9.17) is 70.9 Å². The Kier molecular flexibility index (Phi) is 11.2. The number of H-pyrrole nitrogens is 2. The van der Waals surface area contributed by atoms with Crippen molar-refractivity contribution in [2.75, 3.05) is 45.9 Å². The highest BCUT2D eigenvalue weighted by Gasteiger charge is 2.21. The van der Waals surface area contributed by atoms with Crippen LogP contribution < -0.4 is 50.6 Å². The summed E-state index contributed by atoms with van der Waals surface area (Å²) in [5.41, 5.74) is 63.4. The monoisotopic (exact) mass is 904 g/mol. The number of rotatable bonds is 7. The van der Waals surface area contributed by atoms with Gasteiger partial charge in [0.05, 0.1) is 95.9 Å². The number of aromatic carboxylic acids is 1. The molecule has 2 aliphatic heterocycles. The second kappa shape index (κ2) is 17.6. The molecule has 0 bridgehead atoms. The van der Waals surface area contributed by atoms with Crippen LogP contribution in [0, 0.1) is 0 Å². The van der Waals surface area contributed by atoms with Gasteiger partial charge in [0.15, 0.2) is 0 Å². The quantitative estimate of drug-likeness (QED) is 0.0549. The number of fused-ring (bicyclic) bond motifs is 4. The maximum absolute atomic E-state index is 10.4. The number of aromatic amines is 2. The first kappa shape index (κ1) is 43.4. The summed E-state index contributed by atoms with van der Waals surface area (Å²) in [7, 11) is 0. The average Bonchev–Trinajstić information content (AvgIpc) is 4.14. The van der Waals surface area contributed by atoms with Crippen LogP contribution in [0.2, 0.25) is 0 Å². The molecule has 9 aromatic rings. The Morgan fingerprint density at radius 2 is 0.971 bits per heavy atom. The lowest BCUT2D eigenvalue weighted by Gasteiger charge is -2.04. The minimum atomic E-state index is -1.05. The number of carbonyl (C=O) groups excluding carboxylic acids is 1. The lowest BCUT2D eigenvalue weighted by Crippen LogP contribution is -2.01. The molecule has 0 saturated heterocycles. The highest BCUT2D eigenvalue weighted by Crippen LogP contribution is 2.37. The second-order valence-corrected chi connectivity index (χ2v) is 16.1. The third-order valence-electron chi connectivity index (χ3n) is 11.4. The summed E-state index contributed by atoms with van der Waals surface area (Å²) < 4.78 is 4.45. The SMILES string of the molecule is Nc1cc(N)c(N)cc1N.Nc1cc2c(cc1N)N=C(c1cccc(-c3nc4cc5c(cc4[nH]3)N=C(c3cccc(-c4nc6cc(N)c(N)cc6[nH]4)c3)C5)c1)C2.O=COc1cccc(C(=O)O)c1. The second-order valence-electron chi connectivity index (χ2n) is 16.1. The Morgan fingerprint density at radius 3 is 1.54 bits per heavy atom. The van der Waals surface area contributed by atoms with Gasteiger partial charge >= 0.3 is 5.97 Å². The minimum absolute atomic E-state index is 0.0920. The van der Waals surface area contributed by atoms with E-state index in [9.17, 15) is 9.59 Å². The zero-order valence-electron chi connectivity index (χ0n) is 36.1. The number of aliphatic imine (C=N–C) groups is 2. The maximum atomic E-state index is 10.4. The number of anilines is 8. The molecule has 18 heteroatoms. The van der Waals surface area contributed by atoms with Crippen molar-refractivity contribution in [2.45, 2.75) is 12.8 Å². The third kappa shape index (κ3) is 8.82. The summed E-state index contributed by atoms with van der Waals surface area (Å²) in [5.74, 6) is 0.735. The van der Waals surface area contributed by atoms with Gasteiger partial charge in [0, 0.05) is 24.0 Å². The van der Waals surface area contributed by atoms with E-state index >= 15 is 0 Å². The summed E-state index contributed by atoms with van der Waals surface area (Å²) in [5, 5.41) is 8.53. The van der Waals surface area contributed by atoms with Gasteiger partial charge in [0.1, 0.15) is 17.4 Å². The van der Waals surface area contributed by atoms with E-state index in [1.807, 2.05) is 36.4 Å². The van der Waals surface area contributed by atoms with Crippen LogP contribution in [0.3, 0.4) is 0 Å². The Morgan fingerprint density at radius 1 is 0.515 bits per heavy atom. The molecule has 0 atom stereocenters. The van der Waals surface area contributed by atoms with Crippen molar-refractivity contribution >= 4 is 103 Å². The molecule has 2 aliphatic rings. The van der Waals surface area contributed by atoms with E-state index < -0.39 is 5.97 Å². The topological polar surface area (TPSA) is 354 Å². The Bertz CT molecular complexity index is 3470. The smallest absolute Gasteiger partial charge is 0.335 e. The van der Waals surface area contributed by atoms with Crippen molar-refractivity contribution in [1.82, 2.24) is 19.9 Å². The molecule has 0 radical (unpaired) electrons. The van der Waals surface area contributed by atoms with E-state index in [0.29, 0.717) is 51.9 Å². The number of benzene rings is 7. The lowest BCUT2D eigenvalue weighted by molar-refractivity contribution is -0.120. The van der Waals surface area contributed by atoms with Crippen LogP contribution in [0.15, 0.2) is 131 Å². The first-order chi connectivity index (χ1) is 32.7. The highest BCUT2D eigenvalue weighted by molar-refractivity contribution is 6.09. The number of hydrogen-bond acceptors (Lipinski definition) is 15. The fourth-order valence-electron chi connectivity index (χ4n) is 7.79. The maximum Gasteiger partial charge on any atom is 0.335 e. The molecule has 7 aromatic carbocycles. The standard InChI is InChI=1S/C36H28N10.C8H6O4.C6H10N4/c37-23-9-21-10-27(41-29(21)13-24(23)38)17-3-1-5-19(7-17)35-43-31-12-22-11-28(42-30(22)16-34(31)46-35)18-4-2-6-20(8-18)36-44-32-14-25(39)26(40)15-33(32)45-36;9-5-12-7-3-1-2-6(4-7)8(10)11;7-3-1-4(8)6(10)2-5(3)9/h1-9,12-16H,10-11,37-40H2,(H,43,46)(H,44,45);1-5H,(H,10,11);1-2H,7-10H2. The molecule has 0 amide bonds. The van der Waals surface area contributed by atoms with Crippen LogP contribution in [0.1, 0.15) is 32.6 Å². The average molecular weight is 905 g/mol. The van der Waals surface area contributed by atoms with Gasteiger partial charge in [0.2, 0.25) is 0 Å². The number of carboxylic acids is 1. The molecule has 18 nitrogen and oxygen atoms in total. The molecule has 19 N–H and O–H groups in total. The van der Waals surface area contributed by atoms with Crippen LogP contribution >= 0.6 is 0 Å². The van der Waals surface area contributed by atoms with Crippen LogP contribution in [0.25, 0.3) is 44.8 Å². The molecule has 2 aromatic heterocycles. The van der Waals surface area contributed by atoms with Gasteiger partial charge in [-0.15, -0.1) is 0 Å². The highest BCUT2D eigenvalue weighted by atomic mass is 16.5. The first-order valence-electron chi connectivity index (χ1n) is 20.9. The summed E-state index contributed by atoms with van der Waals surface area (Å²) in [6.07, 6.45) is 1.43. The number of nitrogen functional groups attached to an aromatic ring is 8. The molecule has 0 fully saturated rings. The number of nitrogens with two attached hydrogens (primary N) is 8. The molecule has 0 unspecified atom stereocenters. The van der Waals surface area contributed by atoms with Gasteiger partial charge in [-0.25, -0.2) is 14.8 Å². The number of carbonyl (C=O) groups is 2. The molecule has 0 aliphatic carbocycles. The molecule has 11 rings (SSSR count). The van der Waals surface area contributed by atoms with Gasteiger partial charge in [-0.3, -0.25) is 14.8 Å². The first-order valence-corrected chi connectivity index (χ1v) is 20.9. The van der Waals surface area contributed by atoms with Crippen LogP contribution in [-0.2, 0) is 17.6 Å².